The predicted molar refractivity (Wildman–Crippen MR) is 37.4 cm³/mol. The lowest BCUT2D eigenvalue weighted by Crippen LogP contribution is -2.37. The first-order valence-electron chi connectivity index (χ1n) is 3.48. The zero-order valence-electron chi connectivity index (χ0n) is 6.10. The topological polar surface area (TPSA) is 86.8 Å². The van der Waals surface area contributed by atoms with E-state index < -0.39 is 18.2 Å². The number of hydrogen-bond donors (Lipinski definition) is 3. The minimum absolute atomic E-state index is 0.0121. The largest absolute Gasteiger partial charge is 0.392 e. The van der Waals surface area contributed by atoms with E-state index >= 15 is 0 Å². The molecule has 0 aromatic rings. The van der Waals surface area contributed by atoms with Gasteiger partial charge in [0, 0.05) is 13.0 Å². The van der Waals surface area contributed by atoms with E-state index in [9.17, 15) is 4.79 Å². The summed E-state index contributed by atoms with van der Waals surface area (Å²) in [5.74, 6) is -0.488. The highest BCUT2D eigenvalue weighted by molar-refractivity contribution is 5.75. The van der Waals surface area contributed by atoms with Gasteiger partial charge in [-0.05, 0) is 0 Å². The second kappa shape index (κ2) is 3.17. The highest BCUT2D eigenvalue weighted by Crippen LogP contribution is 2.13. The molecule has 0 saturated carbocycles. The molecule has 0 aliphatic carbocycles. The van der Waals surface area contributed by atoms with Crippen molar-refractivity contribution in [3.63, 3.8) is 0 Å². The van der Waals surface area contributed by atoms with Crippen LogP contribution in [-0.2, 0) is 4.79 Å². The first-order chi connectivity index (χ1) is 5.09. The number of nitrogens with zero attached hydrogens (tertiary/aromatic N) is 1. The number of hydrogen-bond acceptors (Lipinski definition) is 4. The van der Waals surface area contributed by atoms with Gasteiger partial charge in [-0.2, -0.15) is 0 Å². The molecule has 0 bridgehead atoms. The summed E-state index contributed by atoms with van der Waals surface area (Å²) in [6.45, 7) is 0.336. The lowest BCUT2D eigenvalue weighted by molar-refractivity contribution is -0.121. The third-order valence-electron chi connectivity index (χ3n) is 1.71. The molecule has 1 rings (SSSR count). The smallest absolute Gasteiger partial charge is 0.231 e. The van der Waals surface area contributed by atoms with Crippen LogP contribution in [0.4, 0.5) is 0 Å². The Labute approximate surface area is 64.4 Å². The van der Waals surface area contributed by atoms with E-state index in [2.05, 4.69) is 0 Å². The van der Waals surface area contributed by atoms with Gasteiger partial charge in [0.15, 0.2) is 0 Å². The minimum Gasteiger partial charge on any atom is -0.392 e. The molecule has 0 radical (unpaired) electrons. The SMILES string of the molecule is NC(=O)CN1CC(O)CC1O. The van der Waals surface area contributed by atoms with E-state index in [0.717, 1.165) is 0 Å². The number of rotatable bonds is 2. The molecule has 4 N–H and O–H groups in total. The average molecular weight is 160 g/mol. The molecule has 0 aromatic heterocycles. The van der Waals surface area contributed by atoms with Crippen molar-refractivity contribution < 1.29 is 15.0 Å². The second-order valence-electron chi connectivity index (χ2n) is 2.77. The Morgan fingerprint density at radius 3 is 2.64 bits per heavy atom. The maximum absolute atomic E-state index is 10.4. The number of aliphatic hydroxyl groups excluding tert-OH is 2. The second-order valence-corrected chi connectivity index (χ2v) is 2.77. The quantitative estimate of drug-likeness (QED) is 0.430. The van der Waals surface area contributed by atoms with E-state index in [1.807, 2.05) is 0 Å². The van der Waals surface area contributed by atoms with Crippen LogP contribution >= 0.6 is 0 Å². The molecule has 0 spiro atoms. The fraction of sp³-hybridized carbons (Fsp3) is 0.833. The molecular weight excluding hydrogens is 148 g/mol. The number of nitrogens with two attached hydrogens (primary N) is 1. The normalized spacial score (nSPS) is 32.5. The molecule has 1 aliphatic rings. The number of β-amino-alcohol motifs (C(OH)–C–C–N with tert-alkyl or cyclic N) is 1. The fourth-order valence-corrected chi connectivity index (χ4v) is 1.23. The monoisotopic (exact) mass is 160 g/mol. The molecule has 2 atom stereocenters. The number of amides is 1. The maximum atomic E-state index is 10.4. The summed E-state index contributed by atoms with van der Waals surface area (Å²) < 4.78 is 0. The van der Waals surface area contributed by atoms with Gasteiger partial charge >= 0.3 is 0 Å². The fourth-order valence-electron chi connectivity index (χ4n) is 1.23. The molecule has 2 unspecified atom stereocenters. The van der Waals surface area contributed by atoms with Gasteiger partial charge in [0.2, 0.25) is 5.91 Å². The van der Waals surface area contributed by atoms with Crippen molar-refractivity contribution in [2.45, 2.75) is 18.8 Å². The van der Waals surface area contributed by atoms with Crippen molar-refractivity contribution in [2.75, 3.05) is 13.1 Å². The van der Waals surface area contributed by atoms with Gasteiger partial charge in [-0.3, -0.25) is 9.69 Å². The summed E-state index contributed by atoms with van der Waals surface area (Å²) in [5, 5.41) is 18.2. The van der Waals surface area contributed by atoms with Gasteiger partial charge in [0.25, 0.3) is 0 Å². The molecule has 0 aromatic carbocycles. The summed E-state index contributed by atoms with van der Waals surface area (Å²) in [6.07, 6.45) is -0.963. The van der Waals surface area contributed by atoms with Crippen LogP contribution in [-0.4, -0.2) is 46.4 Å². The summed E-state index contributed by atoms with van der Waals surface area (Å²) in [4.78, 5) is 11.8. The van der Waals surface area contributed by atoms with Crippen molar-refractivity contribution in [1.82, 2.24) is 4.90 Å². The summed E-state index contributed by atoms with van der Waals surface area (Å²) in [6, 6.07) is 0. The Hall–Kier alpha value is -0.650. The third-order valence-corrected chi connectivity index (χ3v) is 1.71. The summed E-state index contributed by atoms with van der Waals surface area (Å²) >= 11 is 0. The van der Waals surface area contributed by atoms with Crippen molar-refractivity contribution >= 4 is 5.91 Å². The van der Waals surface area contributed by atoms with Crippen molar-refractivity contribution in [3.05, 3.63) is 0 Å². The molecule has 1 aliphatic heterocycles. The first-order valence-corrected chi connectivity index (χ1v) is 3.48. The van der Waals surface area contributed by atoms with Gasteiger partial charge in [0.1, 0.15) is 6.23 Å². The summed E-state index contributed by atoms with van der Waals surface area (Å²) in [5.41, 5.74) is 4.91. The van der Waals surface area contributed by atoms with Gasteiger partial charge in [-0.15, -0.1) is 0 Å². The third kappa shape index (κ3) is 2.14. The van der Waals surface area contributed by atoms with Crippen LogP contribution < -0.4 is 5.73 Å². The molecule has 1 heterocycles. The molecule has 1 fully saturated rings. The molecule has 1 amide bonds. The van der Waals surface area contributed by atoms with E-state index in [-0.39, 0.29) is 6.54 Å². The van der Waals surface area contributed by atoms with Gasteiger partial charge in [-0.25, -0.2) is 0 Å². The Morgan fingerprint density at radius 1 is 1.64 bits per heavy atom. The van der Waals surface area contributed by atoms with Crippen LogP contribution in [0.5, 0.6) is 0 Å². The molecule has 5 heteroatoms. The Bertz CT molecular complexity index is 162. The van der Waals surface area contributed by atoms with Crippen molar-refractivity contribution in [1.29, 1.82) is 0 Å². The van der Waals surface area contributed by atoms with E-state index in [4.69, 9.17) is 15.9 Å². The standard InChI is InChI=1S/C6H12N2O3/c7-5(10)3-8-2-4(9)1-6(8)11/h4,6,9,11H,1-3H2,(H2,7,10). The lowest BCUT2D eigenvalue weighted by Gasteiger charge is -2.16. The first kappa shape index (κ1) is 8.45. The van der Waals surface area contributed by atoms with Crippen LogP contribution in [0.3, 0.4) is 0 Å². The molecular formula is C6H12N2O3. The zero-order chi connectivity index (χ0) is 8.43. The Morgan fingerprint density at radius 2 is 2.27 bits per heavy atom. The van der Waals surface area contributed by atoms with Crippen LogP contribution in [0.15, 0.2) is 0 Å². The van der Waals surface area contributed by atoms with Crippen molar-refractivity contribution in [3.8, 4) is 0 Å². The van der Waals surface area contributed by atoms with Crippen LogP contribution in [0.2, 0.25) is 0 Å². The Kier molecular flexibility index (Phi) is 2.43. The highest BCUT2D eigenvalue weighted by Gasteiger charge is 2.29. The molecule has 11 heavy (non-hydrogen) atoms. The van der Waals surface area contributed by atoms with Gasteiger partial charge < -0.3 is 15.9 Å². The van der Waals surface area contributed by atoms with Crippen LogP contribution in [0, 0.1) is 0 Å². The van der Waals surface area contributed by atoms with Crippen LogP contribution in [0.1, 0.15) is 6.42 Å². The predicted octanol–water partition coefficient (Wildman–Crippen LogP) is -2.14. The molecule has 1 saturated heterocycles. The maximum Gasteiger partial charge on any atom is 0.231 e. The van der Waals surface area contributed by atoms with E-state index in [1.165, 1.54) is 4.90 Å². The van der Waals surface area contributed by atoms with E-state index in [1.54, 1.807) is 0 Å². The number of likely N-dealkylation sites (tertiary alicyclic amines) is 1. The molecule has 64 valence electrons. The zero-order valence-corrected chi connectivity index (χ0v) is 6.10. The number of primary amides is 1. The number of carbonyl (C=O) groups is 1. The lowest BCUT2D eigenvalue weighted by atomic mass is 10.3. The number of carbonyl (C=O) groups excluding carboxylic acids is 1. The van der Waals surface area contributed by atoms with Gasteiger partial charge in [-0.1, -0.05) is 0 Å². The van der Waals surface area contributed by atoms with Gasteiger partial charge in [0.05, 0.1) is 12.6 Å². The minimum atomic E-state index is -0.725. The Balaban J connectivity index is 2.40. The van der Waals surface area contributed by atoms with Crippen molar-refractivity contribution in [2.24, 2.45) is 5.73 Å². The molecule has 5 nitrogen and oxygen atoms in total. The van der Waals surface area contributed by atoms with E-state index in [0.29, 0.717) is 13.0 Å². The average Bonchev–Trinajstić information content (AvgIpc) is 2.09. The summed E-state index contributed by atoms with van der Waals surface area (Å²) in [7, 11) is 0. The highest BCUT2D eigenvalue weighted by atomic mass is 16.3. The van der Waals surface area contributed by atoms with Crippen LogP contribution in [0.25, 0.3) is 0 Å². The number of aliphatic hydroxyl groups is 2.